The molecule has 1 aromatic heterocycles. The van der Waals surface area contributed by atoms with Crippen LogP contribution in [0.2, 0.25) is 0 Å². The molecule has 20 heavy (non-hydrogen) atoms. The van der Waals surface area contributed by atoms with Crippen LogP contribution in [0.25, 0.3) is 10.6 Å². The van der Waals surface area contributed by atoms with Crippen molar-refractivity contribution in [2.24, 2.45) is 0 Å². The maximum atomic E-state index is 5.41. The molecular formula is C15H18N2O2S. The van der Waals surface area contributed by atoms with E-state index in [4.69, 9.17) is 9.47 Å². The number of fused-ring (bicyclic) bond motifs is 1. The third-order valence-electron chi connectivity index (χ3n) is 3.27. The second kappa shape index (κ2) is 5.81. The van der Waals surface area contributed by atoms with Crippen molar-refractivity contribution in [1.82, 2.24) is 10.3 Å². The lowest BCUT2D eigenvalue weighted by Crippen LogP contribution is -2.18. The van der Waals surface area contributed by atoms with Crippen molar-refractivity contribution in [3.63, 3.8) is 0 Å². The van der Waals surface area contributed by atoms with Crippen LogP contribution >= 0.6 is 11.3 Å². The van der Waals surface area contributed by atoms with Crippen LogP contribution in [0.1, 0.15) is 31.2 Å². The van der Waals surface area contributed by atoms with E-state index in [9.17, 15) is 0 Å². The van der Waals surface area contributed by atoms with Crippen LogP contribution in [-0.4, -0.2) is 18.3 Å². The number of rotatable bonds is 5. The molecule has 5 heteroatoms. The predicted molar refractivity (Wildman–Crippen MR) is 80.4 cm³/mol. The molecule has 1 atom stereocenters. The summed E-state index contributed by atoms with van der Waals surface area (Å²) in [5.41, 5.74) is 1.08. The first-order chi connectivity index (χ1) is 9.78. The topological polar surface area (TPSA) is 43.4 Å². The maximum absolute atomic E-state index is 5.41. The molecule has 106 valence electrons. The van der Waals surface area contributed by atoms with Gasteiger partial charge in [0.1, 0.15) is 5.01 Å². The Balaban J connectivity index is 1.79. The summed E-state index contributed by atoms with van der Waals surface area (Å²) < 4.78 is 10.7. The fraction of sp³-hybridized carbons (Fsp3) is 0.400. The highest BCUT2D eigenvalue weighted by Crippen LogP contribution is 2.37. The van der Waals surface area contributed by atoms with Gasteiger partial charge in [-0.1, -0.05) is 6.92 Å². The van der Waals surface area contributed by atoms with Crippen LogP contribution in [0, 0.1) is 0 Å². The van der Waals surface area contributed by atoms with Crippen LogP contribution in [0.5, 0.6) is 11.5 Å². The quantitative estimate of drug-likeness (QED) is 0.913. The molecule has 1 aliphatic heterocycles. The van der Waals surface area contributed by atoms with E-state index in [0.717, 1.165) is 35.0 Å². The number of thiazole rings is 1. The third kappa shape index (κ3) is 2.64. The molecule has 1 unspecified atom stereocenters. The normalized spacial score (nSPS) is 14.5. The molecule has 0 aliphatic carbocycles. The van der Waals surface area contributed by atoms with Gasteiger partial charge in [0, 0.05) is 22.7 Å². The Hall–Kier alpha value is -1.59. The van der Waals surface area contributed by atoms with Gasteiger partial charge < -0.3 is 14.8 Å². The van der Waals surface area contributed by atoms with Gasteiger partial charge in [0.25, 0.3) is 0 Å². The summed E-state index contributed by atoms with van der Waals surface area (Å²) >= 11 is 1.72. The third-order valence-corrected chi connectivity index (χ3v) is 4.50. The van der Waals surface area contributed by atoms with Gasteiger partial charge in [-0.2, -0.15) is 0 Å². The van der Waals surface area contributed by atoms with Gasteiger partial charge in [-0.05, 0) is 38.1 Å². The first-order valence-corrected chi connectivity index (χ1v) is 7.68. The van der Waals surface area contributed by atoms with Gasteiger partial charge in [0.05, 0.1) is 0 Å². The molecule has 0 fully saturated rings. The van der Waals surface area contributed by atoms with E-state index in [0.29, 0.717) is 12.8 Å². The minimum atomic E-state index is 0.305. The lowest BCUT2D eigenvalue weighted by molar-refractivity contribution is 0.174. The number of benzene rings is 1. The fourth-order valence-electron chi connectivity index (χ4n) is 2.11. The molecule has 0 radical (unpaired) electrons. The van der Waals surface area contributed by atoms with Crippen molar-refractivity contribution in [2.75, 3.05) is 13.3 Å². The van der Waals surface area contributed by atoms with Crippen LogP contribution in [0.4, 0.5) is 0 Å². The number of nitrogens with one attached hydrogen (secondary N) is 1. The van der Waals surface area contributed by atoms with Crippen molar-refractivity contribution in [3.8, 4) is 22.1 Å². The maximum Gasteiger partial charge on any atom is 0.231 e. The molecule has 0 saturated carbocycles. The van der Waals surface area contributed by atoms with Gasteiger partial charge in [0.15, 0.2) is 11.5 Å². The summed E-state index contributed by atoms with van der Waals surface area (Å²) in [6.07, 6.45) is 3.09. The lowest BCUT2D eigenvalue weighted by atomic mass is 10.2. The van der Waals surface area contributed by atoms with Gasteiger partial charge >= 0.3 is 0 Å². The Bertz CT molecular complexity index is 597. The number of nitrogens with zero attached hydrogens (tertiary/aromatic N) is 1. The summed E-state index contributed by atoms with van der Waals surface area (Å²) in [6, 6.07) is 6.31. The summed E-state index contributed by atoms with van der Waals surface area (Å²) in [5, 5.41) is 4.50. The number of hydrogen-bond donors (Lipinski definition) is 1. The van der Waals surface area contributed by atoms with Crippen LogP contribution in [-0.2, 0) is 0 Å². The van der Waals surface area contributed by atoms with Crippen LogP contribution in [0.15, 0.2) is 24.4 Å². The molecule has 1 N–H and O–H groups in total. The predicted octanol–water partition coefficient (Wildman–Crippen LogP) is 3.60. The van der Waals surface area contributed by atoms with Gasteiger partial charge in [-0.3, -0.25) is 0 Å². The molecule has 0 saturated heterocycles. The molecule has 1 aliphatic rings. The van der Waals surface area contributed by atoms with Crippen molar-refractivity contribution >= 4 is 11.3 Å². The fourth-order valence-corrected chi connectivity index (χ4v) is 3.05. The average molecular weight is 290 g/mol. The molecule has 3 rings (SSSR count). The van der Waals surface area contributed by atoms with E-state index in [1.165, 1.54) is 4.88 Å². The van der Waals surface area contributed by atoms with Gasteiger partial charge in [-0.15, -0.1) is 11.3 Å². The van der Waals surface area contributed by atoms with E-state index in [2.05, 4.69) is 24.1 Å². The Morgan fingerprint density at radius 2 is 2.20 bits per heavy atom. The smallest absolute Gasteiger partial charge is 0.231 e. The Morgan fingerprint density at radius 3 is 3.05 bits per heavy atom. The molecular weight excluding hydrogens is 272 g/mol. The molecule has 0 spiro atoms. The van der Waals surface area contributed by atoms with E-state index in [1.807, 2.05) is 24.4 Å². The highest BCUT2D eigenvalue weighted by Gasteiger charge is 2.16. The average Bonchev–Trinajstić information content (AvgIpc) is 3.12. The highest BCUT2D eigenvalue weighted by molar-refractivity contribution is 7.15. The summed E-state index contributed by atoms with van der Waals surface area (Å²) in [4.78, 5) is 5.78. The standard InChI is InChI=1S/C15H18N2O2S/c1-3-6-16-10(2)14-8-17-15(20-14)11-4-5-12-13(7-11)19-9-18-12/h4-5,7-8,10,16H,3,6,9H2,1-2H3. The zero-order valence-electron chi connectivity index (χ0n) is 11.7. The minimum Gasteiger partial charge on any atom is -0.454 e. The Kier molecular flexibility index (Phi) is 3.89. The van der Waals surface area contributed by atoms with Crippen molar-refractivity contribution in [1.29, 1.82) is 0 Å². The van der Waals surface area contributed by atoms with Crippen LogP contribution in [0.3, 0.4) is 0 Å². The zero-order chi connectivity index (χ0) is 13.9. The first kappa shape index (κ1) is 13.4. The largest absolute Gasteiger partial charge is 0.454 e. The second-order valence-corrected chi connectivity index (χ2v) is 5.87. The lowest BCUT2D eigenvalue weighted by Gasteiger charge is -2.09. The molecule has 1 aromatic carbocycles. The zero-order valence-corrected chi connectivity index (χ0v) is 12.5. The molecule has 0 bridgehead atoms. The SMILES string of the molecule is CCCNC(C)c1cnc(-c2ccc3c(c2)OCO3)s1. The van der Waals surface area contributed by atoms with E-state index < -0.39 is 0 Å². The van der Waals surface area contributed by atoms with E-state index in [-0.39, 0.29) is 0 Å². The number of aromatic nitrogens is 1. The van der Waals surface area contributed by atoms with Crippen molar-refractivity contribution in [3.05, 3.63) is 29.3 Å². The number of ether oxygens (including phenoxy) is 2. The van der Waals surface area contributed by atoms with E-state index >= 15 is 0 Å². The summed E-state index contributed by atoms with van der Waals surface area (Å²) in [7, 11) is 0. The van der Waals surface area contributed by atoms with Gasteiger partial charge in [0.2, 0.25) is 6.79 Å². The summed E-state index contributed by atoms with van der Waals surface area (Å²) in [6.45, 7) is 5.68. The molecule has 4 nitrogen and oxygen atoms in total. The second-order valence-electron chi connectivity index (χ2n) is 4.81. The van der Waals surface area contributed by atoms with Crippen molar-refractivity contribution < 1.29 is 9.47 Å². The minimum absolute atomic E-state index is 0.305. The van der Waals surface area contributed by atoms with Crippen molar-refractivity contribution in [2.45, 2.75) is 26.3 Å². The Labute approximate surface area is 122 Å². The van der Waals surface area contributed by atoms with Gasteiger partial charge in [-0.25, -0.2) is 4.98 Å². The molecule has 2 aromatic rings. The van der Waals surface area contributed by atoms with Crippen LogP contribution < -0.4 is 14.8 Å². The Morgan fingerprint density at radius 1 is 1.35 bits per heavy atom. The molecule has 0 amide bonds. The number of hydrogen-bond acceptors (Lipinski definition) is 5. The molecule has 2 heterocycles. The first-order valence-electron chi connectivity index (χ1n) is 6.87. The monoisotopic (exact) mass is 290 g/mol. The van der Waals surface area contributed by atoms with E-state index in [1.54, 1.807) is 11.3 Å². The summed E-state index contributed by atoms with van der Waals surface area (Å²) in [5.74, 6) is 1.61. The highest BCUT2D eigenvalue weighted by atomic mass is 32.1.